The fourth-order valence-electron chi connectivity index (χ4n) is 3.84. The summed E-state index contributed by atoms with van der Waals surface area (Å²) < 4.78 is 0. The molecule has 2 heterocycles. The average Bonchev–Trinajstić information content (AvgIpc) is 3.19. The Balaban J connectivity index is 1.53. The van der Waals surface area contributed by atoms with Crippen molar-refractivity contribution in [2.24, 2.45) is 5.92 Å². The van der Waals surface area contributed by atoms with Crippen LogP contribution in [0.4, 0.5) is 0 Å². The van der Waals surface area contributed by atoms with Gasteiger partial charge in [0.2, 0.25) is 5.91 Å². The second-order valence-electron chi connectivity index (χ2n) is 7.69. The van der Waals surface area contributed by atoms with Crippen molar-refractivity contribution in [3.05, 3.63) is 35.9 Å². The number of benzene rings is 1. The maximum Gasteiger partial charge on any atom is 0.223 e. The monoisotopic (exact) mass is 359 g/mol. The van der Waals surface area contributed by atoms with E-state index in [-0.39, 0.29) is 5.91 Å². The largest absolute Gasteiger partial charge is 0.342 e. The highest BCUT2D eigenvalue weighted by Crippen LogP contribution is 2.18. The third-order valence-electron chi connectivity index (χ3n) is 5.58. The van der Waals surface area contributed by atoms with E-state index in [0.29, 0.717) is 18.9 Å². The van der Waals surface area contributed by atoms with Crippen molar-refractivity contribution in [3.8, 4) is 0 Å². The third kappa shape index (κ3) is 6.08. The Bertz CT molecular complexity index is 537. The number of hydrogen-bond acceptors (Lipinski definition) is 4. The fraction of sp³-hybridized carbons (Fsp3) is 0.667. The van der Waals surface area contributed by atoms with Crippen LogP contribution in [0.3, 0.4) is 0 Å². The first-order valence-electron chi connectivity index (χ1n) is 10.1. The van der Waals surface area contributed by atoms with Gasteiger partial charge in [0.05, 0.1) is 6.61 Å². The van der Waals surface area contributed by atoms with Gasteiger partial charge in [-0.25, -0.2) is 0 Å². The summed E-state index contributed by atoms with van der Waals surface area (Å²) in [4.78, 5) is 22.9. The van der Waals surface area contributed by atoms with E-state index in [1.54, 1.807) is 0 Å². The summed E-state index contributed by atoms with van der Waals surface area (Å²) in [7, 11) is 2.19. The summed E-state index contributed by atoms with van der Waals surface area (Å²) in [6.45, 7) is 6.47. The number of hydrogen-bond donors (Lipinski definition) is 0. The Morgan fingerprint density at radius 1 is 1.19 bits per heavy atom. The van der Waals surface area contributed by atoms with Crippen LogP contribution in [0.2, 0.25) is 0 Å². The number of hydroxylamine groups is 2. The number of carbonyl (C=O) groups excluding carboxylic acids is 1. The molecule has 0 unspecified atom stereocenters. The van der Waals surface area contributed by atoms with Crippen LogP contribution in [0, 0.1) is 5.92 Å². The second kappa shape index (κ2) is 10.0. The Morgan fingerprint density at radius 3 is 2.65 bits per heavy atom. The van der Waals surface area contributed by atoms with Gasteiger partial charge in [0.25, 0.3) is 0 Å². The molecule has 3 rings (SSSR count). The molecular formula is C21H33N3O2. The second-order valence-corrected chi connectivity index (χ2v) is 7.69. The van der Waals surface area contributed by atoms with Crippen molar-refractivity contribution in [1.82, 2.24) is 14.9 Å². The predicted octanol–water partition coefficient (Wildman–Crippen LogP) is 2.43. The molecule has 0 radical (unpaired) electrons. The summed E-state index contributed by atoms with van der Waals surface area (Å²) >= 11 is 0. The molecule has 2 aliphatic heterocycles. The number of carbonyl (C=O) groups is 1. The lowest BCUT2D eigenvalue weighted by atomic mass is 9.96. The van der Waals surface area contributed by atoms with Crippen molar-refractivity contribution < 1.29 is 9.63 Å². The molecule has 2 saturated heterocycles. The zero-order chi connectivity index (χ0) is 18.2. The molecule has 0 atom stereocenters. The topological polar surface area (TPSA) is 36.0 Å². The molecule has 0 aliphatic carbocycles. The minimum atomic E-state index is 0.273. The van der Waals surface area contributed by atoms with Gasteiger partial charge in [-0.3, -0.25) is 9.63 Å². The van der Waals surface area contributed by atoms with E-state index in [0.717, 1.165) is 52.2 Å². The van der Waals surface area contributed by atoms with Gasteiger partial charge in [-0.2, -0.15) is 5.06 Å². The molecule has 1 amide bonds. The van der Waals surface area contributed by atoms with E-state index in [1.807, 2.05) is 11.1 Å². The van der Waals surface area contributed by atoms with E-state index in [9.17, 15) is 4.79 Å². The Hall–Kier alpha value is -1.43. The van der Waals surface area contributed by atoms with E-state index in [4.69, 9.17) is 4.84 Å². The van der Waals surface area contributed by atoms with Crippen LogP contribution < -0.4 is 0 Å². The number of piperidine rings is 1. The van der Waals surface area contributed by atoms with Gasteiger partial charge in [0, 0.05) is 32.6 Å². The molecule has 0 N–H and O–H groups in total. The van der Waals surface area contributed by atoms with Crippen molar-refractivity contribution in [2.75, 3.05) is 52.9 Å². The van der Waals surface area contributed by atoms with Crippen molar-refractivity contribution in [2.45, 2.75) is 32.1 Å². The minimum Gasteiger partial charge on any atom is -0.342 e. The summed E-state index contributed by atoms with van der Waals surface area (Å²) in [6, 6.07) is 10.5. The first-order valence-corrected chi connectivity index (χ1v) is 10.1. The highest BCUT2D eigenvalue weighted by molar-refractivity contribution is 5.76. The lowest BCUT2D eigenvalue weighted by molar-refractivity contribution is -0.139. The van der Waals surface area contributed by atoms with Crippen LogP contribution in [0.15, 0.2) is 30.3 Å². The molecule has 1 aromatic carbocycles. The highest BCUT2D eigenvalue weighted by atomic mass is 16.7. The number of nitrogens with zero attached hydrogens (tertiary/aromatic N) is 3. The normalized spacial score (nSPS) is 19.7. The van der Waals surface area contributed by atoms with E-state index < -0.39 is 0 Å². The van der Waals surface area contributed by atoms with Crippen molar-refractivity contribution in [1.29, 1.82) is 0 Å². The van der Waals surface area contributed by atoms with Gasteiger partial charge < -0.3 is 9.80 Å². The summed E-state index contributed by atoms with van der Waals surface area (Å²) in [5.41, 5.74) is 1.30. The molecule has 0 bridgehead atoms. The molecule has 5 heteroatoms. The lowest BCUT2D eigenvalue weighted by Crippen LogP contribution is -2.41. The summed E-state index contributed by atoms with van der Waals surface area (Å²) in [5, 5.41) is 1.95. The third-order valence-corrected chi connectivity index (χ3v) is 5.58. The zero-order valence-corrected chi connectivity index (χ0v) is 16.1. The molecule has 0 aromatic heterocycles. The minimum absolute atomic E-state index is 0.273. The zero-order valence-electron chi connectivity index (χ0n) is 16.1. The van der Waals surface area contributed by atoms with Gasteiger partial charge in [-0.1, -0.05) is 30.3 Å². The van der Waals surface area contributed by atoms with Crippen LogP contribution in [0.1, 0.15) is 31.2 Å². The molecule has 0 spiro atoms. The van der Waals surface area contributed by atoms with Gasteiger partial charge in [0.15, 0.2) is 0 Å². The molecule has 26 heavy (non-hydrogen) atoms. The Labute approximate surface area is 157 Å². The van der Waals surface area contributed by atoms with Crippen molar-refractivity contribution >= 4 is 5.91 Å². The van der Waals surface area contributed by atoms with Crippen molar-refractivity contribution in [3.63, 3.8) is 0 Å². The quantitative estimate of drug-likeness (QED) is 0.714. The smallest absolute Gasteiger partial charge is 0.223 e. The van der Waals surface area contributed by atoms with Crippen LogP contribution in [0.25, 0.3) is 0 Å². The van der Waals surface area contributed by atoms with Gasteiger partial charge in [-0.05, 0) is 57.3 Å². The maximum absolute atomic E-state index is 12.9. The van der Waals surface area contributed by atoms with Crippen LogP contribution in [-0.2, 0) is 16.1 Å². The van der Waals surface area contributed by atoms with Gasteiger partial charge in [0.1, 0.15) is 0 Å². The molecular weight excluding hydrogens is 326 g/mol. The average molecular weight is 360 g/mol. The first-order chi connectivity index (χ1) is 12.7. The fourth-order valence-corrected chi connectivity index (χ4v) is 3.84. The number of amides is 1. The number of likely N-dealkylation sites (tertiary alicyclic amines) is 1. The van der Waals surface area contributed by atoms with E-state index in [2.05, 4.69) is 41.1 Å². The molecule has 144 valence electrons. The molecule has 2 fully saturated rings. The highest BCUT2D eigenvalue weighted by Gasteiger charge is 2.23. The van der Waals surface area contributed by atoms with Crippen LogP contribution in [-0.4, -0.2) is 73.7 Å². The van der Waals surface area contributed by atoms with Crippen LogP contribution >= 0.6 is 0 Å². The van der Waals surface area contributed by atoms with Gasteiger partial charge in [-0.15, -0.1) is 0 Å². The Kier molecular flexibility index (Phi) is 7.47. The lowest BCUT2D eigenvalue weighted by Gasteiger charge is -2.33. The summed E-state index contributed by atoms with van der Waals surface area (Å²) in [6.07, 6.45) is 4.95. The molecule has 5 nitrogen and oxygen atoms in total. The molecule has 1 aromatic rings. The van der Waals surface area contributed by atoms with Crippen LogP contribution in [0.5, 0.6) is 0 Å². The SMILES string of the molecule is CN1CCC(CN(CCc2ccccc2)C(=O)CCN2CCCO2)CC1. The molecule has 0 saturated carbocycles. The standard InChI is InChI=1S/C21H33N3O2/c1-22-13-8-20(9-14-22)18-23(15-10-19-6-3-2-4-7-19)21(25)11-16-24-12-5-17-26-24/h2-4,6-7,20H,5,8-18H2,1H3. The van der Waals surface area contributed by atoms with E-state index in [1.165, 1.54) is 18.4 Å². The van der Waals surface area contributed by atoms with Gasteiger partial charge >= 0.3 is 0 Å². The summed E-state index contributed by atoms with van der Waals surface area (Å²) in [5.74, 6) is 0.907. The van der Waals surface area contributed by atoms with E-state index >= 15 is 0 Å². The molecule has 2 aliphatic rings. The first kappa shape index (κ1) is 19.3. The predicted molar refractivity (Wildman–Crippen MR) is 104 cm³/mol. The Morgan fingerprint density at radius 2 is 1.96 bits per heavy atom. The number of rotatable bonds is 8. The maximum atomic E-state index is 12.9.